The summed E-state index contributed by atoms with van der Waals surface area (Å²) in [6.07, 6.45) is 1.17. The molecule has 0 aromatic heterocycles. The quantitative estimate of drug-likeness (QED) is 0.711. The highest BCUT2D eigenvalue weighted by Crippen LogP contribution is 2.21. The van der Waals surface area contributed by atoms with Gasteiger partial charge in [0.2, 0.25) is 5.91 Å². The summed E-state index contributed by atoms with van der Waals surface area (Å²) in [6, 6.07) is 14.2. The molecule has 1 atom stereocenters. The van der Waals surface area contributed by atoms with Crippen LogP contribution in [0.1, 0.15) is 18.5 Å². The van der Waals surface area contributed by atoms with Crippen LogP contribution in [0.3, 0.4) is 0 Å². The first-order chi connectivity index (χ1) is 11.3. The summed E-state index contributed by atoms with van der Waals surface area (Å²) in [7, 11) is -3.20. The van der Waals surface area contributed by atoms with E-state index >= 15 is 0 Å². The van der Waals surface area contributed by atoms with Crippen LogP contribution in [0.2, 0.25) is 0 Å². The van der Waals surface area contributed by atoms with Crippen LogP contribution >= 0.6 is 27.7 Å². The Morgan fingerprint density at radius 2 is 1.71 bits per heavy atom. The number of hydrogen-bond donors (Lipinski definition) is 1. The van der Waals surface area contributed by atoms with Gasteiger partial charge in [0.1, 0.15) is 0 Å². The van der Waals surface area contributed by atoms with Gasteiger partial charge in [-0.3, -0.25) is 4.79 Å². The molecule has 0 aliphatic carbocycles. The molecule has 0 radical (unpaired) electrons. The molecule has 24 heavy (non-hydrogen) atoms. The van der Waals surface area contributed by atoms with E-state index in [0.717, 1.165) is 14.9 Å². The lowest BCUT2D eigenvalue weighted by Crippen LogP contribution is -2.28. The van der Waals surface area contributed by atoms with Crippen LogP contribution < -0.4 is 5.32 Å². The first kappa shape index (κ1) is 19.0. The van der Waals surface area contributed by atoms with Crippen LogP contribution in [0.25, 0.3) is 0 Å². The summed E-state index contributed by atoms with van der Waals surface area (Å²) in [6.45, 7) is 1.87. The van der Waals surface area contributed by atoms with Crippen molar-refractivity contribution in [3.8, 4) is 0 Å². The predicted molar refractivity (Wildman–Crippen MR) is 101 cm³/mol. The molecule has 0 aliphatic heterocycles. The summed E-state index contributed by atoms with van der Waals surface area (Å²) in [5.74, 6) is 0.260. The molecule has 1 N–H and O–H groups in total. The normalized spacial score (nSPS) is 12.6. The van der Waals surface area contributed by atoms with Crippen LogP contribution in [0.5, 0.6) is 0 Å². The third-order valence-corrected chi connectivity index (χ3v) is 6.04. The SMILES string of the molecule is CC(NC(=O)CSc1ccc(Br)cc1)c1ccc(S(C)(=O)=O)cc1. The van der Waals surface area contributed by atoms with E-state index in [2.05, 4.69) is 21.2 Å². The van der Waals surface area contributed by atoms with Crippen molar-refractivity contribution in [2.24, 2.45) is 0 Å². The van der Waals surface area contributed by atoms with E-state index in [9.17, 15) is 13.2 Å². The largest absolute Gasteiger partial charge is 0.349 e. The molecule has 0 spiro atoms. The van der Waals surface area contributed by atoms with Crippen molar-refractivity contribution in [1.29, 1.82) is 0 Å². The molecule has 1 unspecified atom stereocenters. The van der Waals surface area contributed by atoms with Gasteiger partial charge < -0.3 is 5.32 Å². The fourth-order valence-electron chi connectivity index (χ4n) is 2.05. The van der Waals surface area contributed by atoms with Gasteiger partial charge in [-0.05, 0) is 48.9 Å². The van der Waals surface area contributed by atoms with Crippen LogP contribution in [0.4, 0.5) is 0 Å². The Balaban J connectivity index is 1.90. The van der Waals surface area contributed by atoms with E-state index in [1.54, 1.807) is 24.3 Å². The standard InChI is InChI=1S/C17H18BrNO3S2/c1-12(13-3-9-16(10-4-13)24(2,21)22)19-17(20)11-23-15-7-5-14(18)6-8-15/h3-10,12H,11H2,1-2H3,(H,19,20). The first-order valence-electron chi connectivity index (χ1n) is 7.23. The molecule has 0 fully saturated rings. The third kappa shape index (κ3) is 5.65. The lowest BCUT2D eigenvalue weighted by atomic mass is 10.1. The van der Waals surface area contributed by atoms with E-state index < -0.39 is 9.84 Å². The average Bonchev–Trinajstić information content (AvgIpc) is 2.53. The molecule has 2 rings (SSSR count). The molecule has 2 aromatic carbocycles. The molecule has 1 amide bonds. The van der Waals surface area contributed by atoms with Gasteiger partial charge in [0.25, 0.3) is 0 Å². The second-order valence-corrected chi connectivity index (χ2v) is 9.35. The maximum atomic E-state index is 12.1. The fourth-order valence-corrected chi connectivity index (χ4v) is 3.65. The molecule has 0 saturated carbocycles. The monoisotopic (exact) mass is 427 g/mol. The molecule has 0 heterocycles. The zero-order valence-corrected chi connectivity index (χ0v) is 16.5. The number of carbonyl (C=O) groups is 1. The second-order valence-electron chi connectivity index (χ2n) is 5.37. The summed E-state index contributed by atoms with van der Waals surface area (Å²) in [5, 5.41) is 2.92. The lowest BCUT2D eigenvalue weighted by molar-refractivity contribution is -0.119. The van der Waals surface area contributed by atoms with Crippen molar-refractivity contribution < 1.29 is 13.2 Å². The topological polar surface area (TPSA) is 63.2 Å². The Bertz CT molecular complexity index is 803. The van der Waals surface area contributed by atoms with Crippen LogP contribution in [0.15, 0.2) is 62.8 Å². The maximum absolute atomic E-state index is 12.1. The third-order valence-electron chi connectivity index (χ3n) is 3.37. The molecule has 0 aliphatic rings. The van der Waals surface area contributed by atoms with Crippen LogP contribution in [0, 0.1) is 0 Å². The molecule has 0 saturated heterocycles. The number of carbonyl (C=O) groups excluding carboxylic acids is 1. The second kappa shape index (κ2) is 8.18. The number of hydrogen-bond acceptors (Lipinski definition) is 4. The van der Waals surface area contributed by atoms with E-state index in [-0.39, 0.29) is 16.8 Å². The van der Waals surface area contributed by atoms with Gasteiger partial charge in [0.05, 0.1) is 16.7 Å². The summed E-state index contributed by atoms with van der Waals surface area (Å²) in [5.41, 5.74) is 0.865. The molecular weight excluding hydrogens is 410 g/mol. The number of nitrogens with one attached hydrogen (secondary N) is 1. The smallest absolute Gasteiger partial charge is 0.230 e. The van der Waals surface area contributed by atoms with E-state index in [1.807, 2.05) is 31.2 Å². The molecule has 4 nitrogen and oxygen atoms in total. The van der Waals surface area contributed by atoms with Crippen molar-refractivity contribution in [3.63, 3.8) is 0 Å². The van der Waals surface area contributed by atoms with Crippen LogP contribution in [-0.2, 0) is 14.6 Å². The maximum Gasteiger partial charge on any atom is 0.230 e. The predicted octanol–water partition coefficient (Wildman–Crippen LogP) is 3.82. The lowest BCUT2D eigenvalue weighted by Gasteiger charge is -2.14. The van der Waals surface area contributed by atoms with Gasteiger partial charge in [0, 0.05) is 15.6 Å². The highest BCUT2D eigenvalue weighted by molar-refractivity contribution is 9.10. The van der Waals surface area contributed by atoms with Gasteiger partial charge in [0.15, 0.2) is 9.84 Å². The minimum absolute atomic E-state index is 0.0670. The number of thioether (sulfide) groups is 1. The number of rotatable bonds is 6. The summed E-state index contributed by atoms with van der Waals surface area (Å²) >= 11 is 4.84. The zero-order valence-electron chi connectivity index (χ0n) is 13.3. The number of sulfone groups is 1. The molecular formula is C17H18BrNO3S2. The highest BCUT2D eigenvalue weighted by Gasteiger charge is 2.12. The first-order valence-corrected chi connectivity index (χ1v) is 10.9. The minimum atomic E-state index is -3.20. The van der Waals surface area contributed by atoms with Gasteiger partial charge >= 0.3 is 0 Å². The van der Waals surface area contributed by atoms with Crippen molar-refractivity contribution in [1.82, 2.24) is 5.32 Å². The van der Waals surface area contributed by atoms with Crippen molar-refractivity contribution in [3.05, 3.63) is 58.6 Å². The molecule has 7 heteroatoms. The van der Waals surface area contributed by atoms with Gasteiger partial charge in [-0.25, -0.2) is 8.42 Å². The van der Waals surface area contributed by atoms with Gasteiger partial charge in [-0.1, -0.05) is 28.1 Å². The van der Waals surface area contributed by atoms with Crippen molar-refractivity contribution in [2.45, 2.75) is 22.8 Å². The summed E-state index contributed by atoms with van der Waals surface area (Å²) < 4.78 is 23.9. The Kier molecular flexibility index (Phi) is 6.48. The van der Waals surface area contributed by atoms with Gasteiger partial charge in [-0.15, -0.1) is 11.8 Å². The highest BCUT2D eigenvalue weighted by atomic mass is 79.9. The Morgan fingerprint density at radius 1 is 1.12 bits per heavy atom. The average molecular weight is 428 g/mol. The Morgan fingerprint density at radius 3 is 2.25 bits per heavy atom. The molecule has 128 valence electrons. The zero-order chi connectivity index (χ0) is 17.7. The summed E-state index contributed by atoms with van der Waals surface area (Å²) in [4.78, 5) is 13.4. The molecule has 2 aromatic rings. The van der Waals surface area contributed by atoms with Gasteiger partial charge in [-0.2, -0.15) is 0 Å². The van der Waals surface area contributed by atoms with E-state index in [1.165, 1.54) is 18.0 Å². The fraction of sp³-hybridized carbons (Fsp3) is 0.235. The molecule has 0 bridgehead atoms. The number of halogens is 1. The number of benzene rings is 2. The van der Waals surface area contributed by atoms with Crippen molar-refractivity contribution >= 4 is 43.4 Å². The Labute approximate surface area is 155 Å². The van der Waals surface area contributed by atoms with E-state index in [0.29, 0.717) is 5.75 Å². The van der Waals surface area contributed by atoms with Crippen LogP contribution in [-0.4, -0.2) is 26.3 Å². The van der Waals surface area contributed by atoms with E-state index in [4.69, 9.17) is 0 Å². The Hall–Kier alpha value is -1.31. The van der Waals surface area contributed by atoms with Crippen molar-refractivity contribution in [2.75, 3.05) is 12.0 Å². The number of amides is 1. The minimum Gasteiger partial charge on any atom is -0.349 e.